The fourth-order valence-electron chi connectivity index (χ4n) is 9.18. The smallest absolute Gasteiger partial charge is 0.135 e. The second-order valence-electron chi connectivity index (χ2n) is 14.0. The topological polar surface area (TPSA) is 12.5 Å². The van der Waals surface area contributed by atoms with Gasteiger partial charge in [0.1, 0.15) is 11.5 Å². The molecule has 8 aromatic carbocycles. The number of para-hydroxylation sites is 2. The molecule has 0 bridgehead atoms. The van der Waals surface area contributed by atoms with Gasteiger partial charge in [0.15, 0.2) is 0 Å². The Bertz CT molecular complexity index is 2730. The minimum Gasteiger partial charge on any atom is -0.456 e. The summed E-state index contributed by atoms with van der Waals surface area (Å²) in [7, 11) is 0. The van der Waals surface area contributed by atoms with Crippen molar-refractivity contribution < 1.29 is 4.74 Å². The van der Waals surface area contributed by atoms with Gasteiger partial charge in [-0.3, -0.25) is 0 Å². The quantitative estimate of drug-likeness (QED) is 0.185. The lowest BCUT2D eigenvalue weighted by Crippen LogP contribution is -2.30. The average molecular weight is 676 g/mol. The van der Waals surface area contributed by atoms with Crippen LogP contribution in [0, 0.1) is 0 Å². The van der Waals surface area contributed by atoms with Gasteiger partial charge >= 0.3 is 0 Å². The molecule has 0 unspecified atom stereocenters. The van der Waals surface area contributed by atoms with Gasteiger partial charge in [0.2, 0.25) is 0 Å². The highest BCUT2D eigenvalue weighted by atomic mass is 16.5. The predicted molar refractivity (Wildman–Crippen MR) is 218 cm³/mol. The SMILES string of the molecule is C1=Cc2ccccc2C2(c3ccccc31)c1ccccc1-c1c(N(c3ccccc3)c3ccc4c(c3)-c3ccccc3-c3ccccc3O4)cccc12. The number of benzene rings is 8. The molecule has 1 spiro atoms. The molecule has 53 heavy (non-hydrogen) atoms. The van der Waals surface area contributed by atoms with Crippen molar-refractivity contribution >= 4 is 29.2 Å². The maximum absolute atomic E-state index is 6.68. The third-order valence-corrected chi connectivity index (χ3v) is 11.3. The van der Waals surface area contributed by atoms with Gasteiger partial charge in [-0.25, -0.2) is 0 Å². The van der Waals surface area contributed by atoms with E-state index in [1.54, 1.807) is 0 Å². The zero-order valence-electron chi connectivity index (χ0n) is 28.9. The fourth-order valence-corrected chi connectivity index (χ4v) is 9.18. The third-order valence-electron chi connectivity index (χ3n) is 11.3. The van der Waals surface area contributed by atoms with E-state index >= 15 is 0 Å². The number of nitrogens with zero attached hydrogens (tertiary/aromatic N) is 1. The van der Waals surface area contributed by atoms with Crippen LogP contribution in [0.4, 0.5) is 17.1 Å². The summed E-state index contributed by atoms with van der Waals surface area (Å²) in [6.45, 7) is 0. The summed E-state index contributed by atoms with van der Waals surface area (Å²) in [6, 6.07) is 68.2. The van der Waals surface area contributed by atoms with E-state index < -0.39 is 5.41 Å². The number of hydrogen-bond donors (Lipinski definition) is 0. The van der Waals surface area contributed by atoms with Crippen LogP contribution < -0.4 is 9.64 Å². The van der Waals surface area contributed by atoms with Crippen LogP contribution in [0.2, 0.25) is 0 Å². The Morgan fingerprint density at radius 1 is 0.358 bits per heavy atom. The van der Waals surface area contributed by atoms with E-state index in [2.05, 4.69) is 199 Å². The molecule has 0 N–H and O–H groups in total. The van der Waals surface area contributed by atoms with Crippen LogP contribution in [-0.4, -0.2) is 0 Å². The molecule has 1 heterocycles. The van der Waals surface area contributed by atoms with Crippen molar-refractivity contribution in [2.75, 3.05) is 4.90 Å². The van der Waals surface area contributed by atoms with Crippen molar-refractivity contribution in [1.29, 1.82) is 0 Å². The maximum Gasteiger partial charge on any atom is 0.135 e. The second kappa shape index (κ2) is 11.6. The van der Waals surface area contributed by atoms with Crippen molar-refractivity contribution in [1.82, 2.24) is 0 Å². The Morgan fingerprint density at radius 3 is 1.64 bits per heavy atom. The van der Waals surface area contributed by atoms with Gasteiger partial charge in [0.25, 0.3) is 0 Å². The van der Waals surface area contributed by atoms with E-state index in [0.29, 0.717) is 0 Å². The van der Waals surface area contributed by atoms with Crippen LogP contribution in [0.25, 0.3) is 45.5 Å². The van der Waals surface area contributed by atoms with Crippen molar-refractivity contribution in [3.8, 4) is 44.9 Å². The molecule has 0 atom stereocenters. The molecule has 8 aromatic rings. The molecule has 1 aliphatic heterocycles. The van der Waals surface area contributed by atoms with Gasteiger partial charge in [0, 0.05) is 28.1 Å². The first-order valence-electron chi connectivity index (χ1n) is 18.3. The summed E-state index contributed by atoms with van der Waals surface area (Å²) < 4.78 is 6.68. The Balaban J connectivity index is 1.20. The molecule has 11 rings (SSSR count). The third kappa shape index (κ3) is 4.27. The highest BCUT2D eigenvalue weighted by molar-refractivity contribution is 6.00. The van der Waals surface area contributed by atoms with Crippen LogP contribution in [0.15, 0.2) is 188 Å². The van der Waals surface area contributed by atoms with E-state index in [0.717, 1.165) is 45.3 Å². The molecule has 3 aliphatic rings. The predicted octanol–water partition coefficient (Wildman–Crippen LogP) is 13.4. The van der Waals surface area contributed by atoms with Crippen molar-refractivity contribution in [2.24, 2.45) is 0 Å². The first kappa shape index (κ1) is 29.8. The summed E-state index contributed by atoms with van der Waals surface area (Å²) in [5.41, 5.74) is 17.5. The molecular weight excluding hydrogens is 643 g/mol. The number of ether oxygens (including phenoxy) is 1. The van der Waals surface area contributed by atoms with E-state index in [1.807, 2.05) is 6.07 Å². The van der Waals surface area contributed by atoms with Gasteiger partial charge < -0.3 is 9.64 Å². The number of rotatable bonds is 3. The molecule has 2 aliphatic carbocycles. The molecule has 0 aromatic heterocycles. The van der Waals surface area contributed by atoms with Crippen LogP contribution in [0.1, 0.15) is 33.4 Å². The zero-order chi connectivity index (χ0) is 34.9. The van der Waals surface area contributed by atoms with Gasteiger partial charge in [0.05, 0.1) is 11.1 Å². The van der Waals surface area contributed by atoms with Gasteiger partial charge in [-0.05, 0) is 92.5 Å². The standard InChI is InChI=1S/C51H33NO/c1-2-17-36(18-3-1)52(37-31-32-49-42(33-37)39-20-7-6-19-38(39)40-21-9-13-28-48(40)53-49)47-27-14-26-46-50(47)41-22-8-12-25-45(41)51(46)43-23-10-4-15-34(43)29-30-35-16-5-11-24-44(35)51/h1-33H. The Labute approximate surface area is 309 Å². The van der Waals surface area contributed by atoms with E-state index in [-0.39, 0.29) is 0 Å². The van der Waals surface area contributed by atoms with Crippen molar-refractivity contribution in [3.63, 3.8) is 0 Å². The zero-order valence-corrected chi connectivity index (χ0v) is 28.9. The number of anilines is 3. The Morgan fingerprint density at radius 2 is 0.906 bits per heavy atom. The summed E-state index contributed by atoms with van der Waals surface area (Å²) >= 11 is 0. The van der Waals surface area contributed by atoms with Crippen LogP contribution in [-0.2, 0) is 5.41 Å². The first-order valence-corrected chi connectivity index (χ1v) is 18.3. The molecule has 0 saturated carbocycles. The Hall–Kier alpha value is -6.90. The lowest BCUT2D eigenvalue weighted by atomic mass is 9.66. The summed E-state index contributed by atoms with van der Waals surface area (Å²) in [6.07, 6.45) is 4.58. The highest BCUT2D eigenvalue weighted by Gasteiger charge is 2.49. The largest absolute Gasteiger partial charge is 0.456 e. The minimum atomic E-state index is -0.507. The fraction of sp³-hybridized carbons (Fsp3) is 0.0196. The molecule has 0 saturated heterocycles. The van der Waals surface area contributed by atoms with E-state index in [9.17, 15) is 0 Å². The van der Waals surface area contributed by atoms with Gasteiger partial charge in [-0.15, -0.1) is 0 Å². The molecule has 2 heteroatoms. The van der Waals surface area contributed by atoms with Crippen LogP contribution >= 0.6 is 0 Å². The summed E-state index contributed by atoms with van der Waals surface area (Å²) in [5, 5.41) is 0. The summed E-state index contributed by atoms with van der Waals surface area (Å²) in [5.74, 6) is 1.72. The van der Waals surface area contributed by atoms with Crippen molar-refractivity contribution in [3.05, 3.63) is 221 Å². The van der Waals surface area contributed by atoms with E-state index in [1.165, 1.54) is 50.1 Å². The summed E-state index contributed by atoms with van der Waals surface area (Å²) in [4.78, 5) is 2.43. The number of hydrogen-bond acceptors (Lipinski definition) is 2. The lowest BCUT2D eigenvalue weighted by molar-refractivity contribution is 0.488. The van der Waals surface area contributed by atoms with Gasteiger partial charge in [-0.1, -0.05) is 158 Å². The van der Waals surface area contributed by atoms with E-state index in [4.69, 9.17) is 4.74 Å². The lowest BCUT2D eigenvalue weighted by Gasteiger charge is -2.35. The molecule has 248 valence electrons. The van der Waals surface area contributed by atoms with Crippen molar-refractivity contribution in [2.45, 2.75) is 5.41 Å². The van der Waals surface area contributed by atoms with Crippen LogP contribution in [0.5, 0.6) is 11.5 Å². The van der Waals surface area contributed by atoms with Gasteiger partial charge in [-0.2, -0.15) is 0 Å². The number of fused-ring (bicyclic) bond motifs is 14. The molecule has 0 fully saturated rings. The normalized spacial score (nSPS) is 13.5. The second-order valence-corrected chi connectivity index (χ2v) is 14.0. The maximum atomic E-state index is 6.68. The monoisotopic (exact) mass is 675 g/mol. The minimum absolute atomic E-state index is 0.507. The average Bonchev–Trinajstić information content (AvgIpc) is 3.33. The Kier molecular flexibility index (Phi) is 6.50. The molecule has 0 amide bonds. The molecular formula is C51H33NO. The molecule has 0 radical (unpaired) electrons. The first-order chi connectivity index (χ1) is 26.3. The van der Waals surface area contributed by atoms with Crippen LogP contribution in [0.3, 0.4) is 0 Å². The molecule has 2 nitrogen and oxygen atoms in total. The highest BCUT2D eigenvalue weighted by Crippen LogP contribution is 2.61.